The summed E-state index contributed by atoms with van der Waals surface area (Å²) in [5.74, 6) is -0.487. The van der Waals surface area contributed by atoms with Gasteiger partial charge in [-0.3, -0.25) is 0 Å². The lowest BCUT2D eigenvalue weighted by atomic mass is 9.99. The van der Waals surface area contributed by atoms with Crippen molar-refractivity contribution < 1.29 is 4.39 Å². The predicted molar refractivity (Wildman–Crippen MR) is 79.3 cm³/mol. The van der Waals surface area contributed by atoms with Crippen molar-refractivity contribution >= 4 is 43.5 Å². The zero-order valence-electron chi connectivity index (χ0n) is 9.13. The van der Waals surface area contributed by atoms with Gasteiger partial charge in [-0.15, -0.1) is 0 Å². The molecule has 1 nitrogen and oxygen atoms in total. The van der Waals surface area contributed by atoms with Crippen molar-refractivity contribution in [3.05, 3.63) is 67.3 Å². The first-order chi connectivity index (χ1) is 8.50. The molecule has 0 aliphatic rings. The van der Waals surface area contributed by atoms with E-state index in [0.717, 1.165) is 10.0 Å². The Morgan fingerprint density at radius 3 is 2.56 bits per heavy atom. The summed E-state index contributed by atoms with van der Waals surface area (Å²) in [6.45, 7) is 0. The molecule has 2 aromatic carbocycles. The van der Waals surface area contributed by atoms with Gasteiger partial charge in [0.1, 0.15) is 5.82 Å². The Bertz CT molecular complexity index is 589. The molecule has 0 fully saturated rings. The van der Waals surface area contributed by atoms with Crippen LogP contribution in [0.15, 0.2) is 45.3 Å². The lowest BCUT2D eigenvalue weighted by molar-refractivity contribution is 0.599. The summed E-state index contributed by atoms with van der Waals surface area (Å²) in [5.41, 5.74) is 7.27. The molecule has 0 amide bonds. The van der Waals surface area contributed by atoms with E-state index in [-0.39, 0.29) is 5.02 Å². The fourth-order valence-corrected chi connectivity index (χ4v) is 2.56. The summed E-state index contributed by atoms with van der Waals surface area (Å²) < 4.78 is 15.5. The molecule has 0 aliphatic carbocycles. The quantitative estimate of drug-likeness (QED) is 0.710. The van der Waals surface area contributed by atoms with Gasteiger partial charge in [-0.25, -0.2) is 4.39 Å². The molecular formula is C13H9Br2ClFN. The summed E-state index contributed by atoms with van der Waals surface area (Å²) >= 11 is 12.4. The van der Waals surface area contributed by atoms with Crippen LogP contribution >= 0.6 is 43.5 Å². The van der Waals surface area contributed by atoms with Crippen LogP contribution in [0.5, 0.6) is 0 Å². The summed E-state index contributed by atoms with van der Waals surface area (Å²) in [5, 5.41) is 0.0537. The number of nitrogens with two attached hydrogens (primary N) is 1. The van der Waals surface area contributed by atoms with Gasteiger partial charge in [-0.2, -0.15) is 0 Å². The third-order valence-electron chi connectivity index (χ3n) is 2.61. The van der Waals surface area contributed by atoms with E-state index >= 15 is 0 Å². The number of hydrogen-bond acceptors (Lipinski definition) is 1. The van der Waals surface area contributed by atoms with Crippen LogP contribution in [0.4, 0.5) is 4.39 Å². The minimum atomic E-state index is -0.548. The minimum absolute atomic E-state index is 0.0537. The van der Waals surface area contributed by atoms with Gasteiger partial charge in [-0.1, -0.05) is 45.7 Å². The number of rotatable bonds is 2. The van der Waals surface area contributed by atoms with Gasteiger partial charge in [-0.05, 0) is 39.7 Å². The normalized spacial score (nSPS) is 12.5. The van der Waals surface area contributed by atoms with E-state index in [2.05, 4.69) is 31.9 Å². The van der Waals surface area contributed by atoms with E-state index < -0.39 is 11.9 Å². The van der Waals surface area contributed by atoms with Crippen LogP contribution in [-0.2, 0) is 0 Å². The molecule has 94 valence electrons. The molecule has 2 N–H and O–H groups in total. The van der Waals surface area contributed by atoms with Crippen molar-refractivity contribution in [1.82, 2.24) is 0 Å². The van der Waals surface area contributed by atoms with Gasteiger partial charge in [0.2, 0.25) is 0 Å². The molecule has 0 heterocycles. The average molecular weight is 393 g/mol. The minimum Gasteiger partial charge on any atom is -0.320 e. The second-order valence-corrected chi connectivity index (χ2v) is 5.95. The molecule has 0 saturated carbocycles. The standard InChI is InChI=1S/C13H9Br2ClFN/c14-8-3-1-2-7(6-8)13(18)9-4-5-10(15)11(16)12(9)17/h1-6,13H,18H2. The van der Waals surface area contributed by atoms with E-state index in [9.17, 15) is 4.39 Å². The van der Waals surface area contributed by atoms with Gasteiger partial charge in [0, 0.05) is 14.5 Å². The highest BCUT2D eigenvalue weighted by Crippen LogP contribution is 2.32. The first-order valence-corrected chi connectivity index (χ1v) is 7.11. The lowest BCUT2D eigenvalue weighted by Crippen LogP contribution is -2.13. The molecule has 0 spiro atoms. The van der Waals surface area contributed by atoms with Gasteiger partial charge < -0.3 is 5.73 Å². The third kappa shape index (κ3) is 2.77. The van der Waals surface area contributed by atoms with Crippen molar-refractivity contribution in [2.45, 2.75) is 6.04 Å². The second-order valence-electron chi connectivity index (χ2n) is 3.80. The first-order valence-electron chi connectivity index (χ1n) is 5.15. The van der Waals surface area contributed by atoms with Crippen LogP contribution in [0.25, 0.3) is 0 Å². The monoisotopic (exact) mass is 391 g/mol. The topological polar surface area (TPSA) is 26.0 Å². The van der Waals surface area contributed by atoms with Gasteiger partial charge in [0.15, 0.2) is 0 Å². The fraction of sp³-hybridized carbons (Fsp3) is 0.0769. The first kappa shape index (κ1) is 14.0. The molecule has 2 rings (SSSR count). The van der Waals surface area contributed by atoms with Crippen LogP contribution in [0.1, 0.15) is 17.2 Å². The highest BCUT2D eigenvalue weighted by molar-refractivity contribution is 9.10. The lowest BCUT2D eigenvalue weighted by Gasteiger charge is -2.15. The van der Waals surface area contributed by atoms with Crippen LogP contribution in [-0.4, -0.2) is 0 Å². The van der Waals surface area contributed by atoms with E-state index in [0.29, 0.717) is 10.0 Å². The zero-order chi connectivity index (χ0) is 13.3. The Morgan fingerprint density at radius 2 is 1.89 bits per heavy atom. The molecular weight excluding hydrogens is 384 g/mol. The molecule has 1 unspecified atom stereocenters. The third-order valence-corrected chi connectivity index (χ3v) is 4.36. The highest BCUT2D eigenvalue weighted by Gasteiger charge is 2.17. The van der Waals surface area contributed by atoms with Crippen molar-refractivity contribution in [2.24, 2.45) is 5.73 Å². The van der Waals surface area contributed by atoms with Crippen LogP contribution in [0.3, 0.4) is 0 Å². The van der Waals surface area contributed by atoms with Gasteiger partial charge in [0.25, 0.3) is 0 Å². The van der Waals surface area contributed by atoms with E-state index in [1.54, 1.807) is 12.1 Å². The molecule has 0 saturated heterocycles. The van der Waals surface area contributed by atoms with E-state index in [4.69, 9.17) is 17.3 Å². The Hall–Kier alpha value is -0.420. The molecule has 0 bridgehead atoms. The Kier molecular flexibility index (Phi) is 4.43. The second kappa shape index (κ2) is 5.70. The summed E-state index contributed by atoms with van der Waals surface area (Å²) in [6.07, 6.45) is 0. The SMILES string of the molecule is NC(c1cccc(Br)c1)c1ccc(Br)c(Cl)c1F. The van der Waals surface area contributed by atoms with Crippen LogP contribution in [0, 0.1) is 5.82 Å². The smallest absolute Gasteiger partial charge is 0.148 e. The van der Waals surface area contributed by atoms with Crippen LogP contribution < -0.4 is 5.73 Å². The maximum absolute atomic E-state index is 14.0. The van der Waals surface area contributed by atoms with Gasteiger partial charge in [0.05, 0.1) is 11.1 Å². The molecule has 0 aromatic heterocycles. The molecule has 0 aliphatic heterocycles. The Balaban J connectivity index is 2.46. The predicted octanol–water partition coefficient (Wildman–Crippen LogP) is 5.05. The average Bonchev–Trinajstić information content (AvgIpc) is 2.35. The van der Waals surface area contributed by atoms with Crippen LogP contribution in [0.2, 0.25) is 5.02 Å². The molecule has 2 aromatic rings. The molecule has 5 heteroatoms. The fourth-order valence-electron chi connectivity index (χ4n) is 1.66. The largest absolute Gasteiger partial charge is 0.320 e. The van der Waals surface area contributed by atoms with Crippen molar-refractivity contribution in [1.29, 1.82) is 0 Å². The van der Waals surface area contributed by atoms with E-state index in [1.165, 1.54) is 0 Å². The number of hydrogen-bond donors (Lipinski definition) is 1. The number of benzene rings is 2. The summed E-state index contributed by atoms with van der Waals surface area (Å²) in [6, 6.07) is 10.2. The Morgan fingerprint density at radius 1 is 1.17 bits per heavy atom. The van der Waals surface area contributed by atoms with Crippen molar-refractivity contribution in [3.63, 3.8) is 0 Å². The zero-order valence-corrected chi connectivity index (χ0v) is 13.1. The summed E-state index contributed by atoms with van der Waals surface area (Å²) in [4.78, 5) is 0. The maximum Gasteiger partial charge on any atom is 0.148 e. The Labute approximate surface area is 126 Å². The molecule has 1 atom stereocenters. The van der Waals surface area contributed by atoms with Crippen molar-refractivity contribution in [3.8, 4) is 0 Å². The highest BCUT2D eigenvalue weighted by atomic mass is 79.9. The number of halogens is 4. The van der Waals surface area contributed by atoms with E-state index in [1.807, 2.05) is 24.3 Å². The summed E-state index contributed by atoms with van der Waals surface area (Å²) in [7, 11) is 0. The maximum atomic E-state index is 14.0. The molecule has 18 heavy (non-hydrogen) atoms. The van der Waals surface area contributed by atoms with Crippen molar-refractivity contribution in [2.75, 3.05) is 0 Å². The van der Waals surface area contributed by atoms with Gasteiger partial charge >= 0.3 is 0 Å². The molecule has 0 radical (unpaired) electrons.